The fraction of sp³-hybridized carbons (Fsp3) is 0.440. The topological polar surface area (TPSA) is 92.6 Å². The maximum absolute atomic E-state index is 13.2. The number of hydrogen-bond donors (Lipinski definition) is 1. The van der Waals surface area contributed by atoms with Crippen LogP contribution < -0.4 is 5.32 Å². The molecular formula is C25H31N3O4S. The molecule has 2 amide bonds. The molecule has 2 aromatic rings. The molecule has 33 heavy (non-hydrogen) atoms. The van der Waals surface area contributed by atoms with Crippen LogP contribution in [0.2, 0.25) is 0 Å². The Kier molecular flexibility index (Phi) is 8.88. The van der Waals surface area contributed by atoms with Gasteiger partial charge >= 0.3 is 0 Å². The van der Waals surface area contributed by atoms with Crippen molar-refractivity contribution in [2.75, 3.05) is 5.75 Å². The van der Waals surface area contributed by atoms with E-state index in [9.17, 15) is 19.7 Å². The summed E-state index contributed by atoms with van der Waals surface area (Å²) >= 11 is 1.44. The third-order valence-electron chi connectivity index (χ3n) is 5.98. The van der Waals surface area contributed by atoms with Crippen molar-refractivity contribution >= 4 is 29.3 Å². The Labute approximate surface area is 199 Å². The van der Waals surface area contributed by atoms with E-state index in [4.69, 9.17) is 0 Å². The lowest BCUT2D eigenvalue weighted by molar-refractivity contribution is -0.384. The Hall–Kier alpha value is -2.87. The molecule has 1 aliphatic rings. The first-order chi connectivity index (χ1) is 15.8. The number of nitro benzene ring substituents is 1. The van der Waals surface area contributed by atoms with Crippen molar-refractivity contribution in [2.24, 2.45) is 0 Å². The van der Waals surface area contributed by atoms with Crippen molar-refractivity contribution in [3.63, 3.8) is 0 Å². The second-order valence-corrected chi connectivity index (χ2v) is 9.58. The van der Waals surface area contributed by atoms with Crippen LogP contribution >= 0.6 is 11.8 Å². The Morgan fingerprint density at radius 1 is 1.09 bits per heavy atom. The Morgan fingerprint density at radius 3 is 2.30 bits per heavy atom. The van der Waals surface area contributed by atoms with Gasteiger partial charge in [0.1, 0.15) is 6.04 Å². The fourth-order valence-electron chi connectivity index (χ4n) is 3.92. The van der Waals surface area contributed by atoms with Crippen LogP contribution in [0.1, 0.15) is 49.3 Å². The van der Waals surface area contributed by atoms with E-state index < -0.39 is 11.0 Å². The summed E-state index contributed by atoms with van der Waals surface area (Å²) in [7, 11) is 0. The average Bonchev–Trinajstić information content (AvgIpc) is 3.31. The molecule has 176 valence electrons. The monoisotopic (exact) mass is 469 g/mol. The summed E-state index contributed by atoms with van der Waals surface area (Å²) in [5.41, 5.74) is 3.08. The number of rotatable bonds is 10. The third-order valence-corrected chi connectivity index (χ3v) is 6.97. The standard InChI is InChI=1S/C25H31N3O4S/c1-18-7-9-20(10-8-18)15-27(19(2)25(30)26-22-5-3-4-6-22)24(29)17-33-16-21-11-13-23(14-12-21)28(31)32/h7-14,19,22H,3-6,15-17H2,1-2H3,(H,26,30)/t19-/m1/s1. The maximum atomic E-state index is 13.2. The molecule has 8 heteroatoms. The molecular weight excluding hydrogens is 438 g/mol. The second kappa shape index (κ2) is 11.8. The highest BCUT2D eigenvalue weighted by molar-refractivity contribution is 7.99. The second-order valence-electron chi connectivity index (χ2n) is 8.59. The number of benzene rings is 2. The highest BCUT2D eigenvalue weighted by Crippen LogP contribution is 2.20. The summed E-state index contributed by atoms with van der Waals surface area (Å²) < 4.78 is 0. The smallest absolute Gasteiger partial charge is 0.269 e. The number of carbonyl (C=O) groups is 2. The molecule has 2 aromatic carbocycles. The molecule has 1 fully saturated rings. The number of nitro groups is 1. The zero-order valence-corrected chi connectivity index (χ0v) is 20.0. The average molecular weight is 470 g/mol. The lowest BCUT2D eigenvalue weighted by Crippen LogP contribution is -2.50. The number of amides is 2. The Bertz CT molecular complexity index is 957. The van der Waals surface area contributed by atoms with E-state index in [0.29, 0.717) is 12.3 Å². The molecule has 0 radical (unpaired) electrons. The van der Waals surface area contributed by atoms with Crippen molar-refractivity contribution in [1.29, 1.82) is 0 Å². The number of aryl methyl sites for hydroxylation is 1. The van der Waals surface area contributed by atoms with E-state index in [0.717, 1.165) is 42.4 Å². The number of non-ortho nitro benzene ring substituents is 1. The van der Waals surface area contributed by atoms with Gasteiger partial charge in [0, 0.05) is 30.5 Å². The van der Waals surface area contributed by atoms with Crippen molar-refractivity contribution in [3.8, 4) is 0 Å². The highest BCUT2D eigenvalue weighted by atomic mass is 32.2. The molecule has 0 unspecified atom stereocenters. The summed E-state index contributed by atoms with van der Waals surface area (Å²) in [6.45, 7) is 4.17. The molecule has 7 nitrogen and oxygen atoms in total. The van der Waals surface area contributed by atoms with Gasteiger partial charge in [0.2, 0.25) is 11.8 Å². The van der Waals surface area contributed by atoms with Gasteiger partial charge in [-0.3, -0.25) is 19.7 Å². The van der Waals surface area contributed by atoms with Crippen LogP contribution in [0, 0.1) is 17.0 Å². The van der Waals surface area contributed by atoms with E-state index in [1.807, 2.05) is 31.2 Å². The minimum atomic E-state index is -0.570. The number of carbonyl (C=O) groups excluding carboxylic acids is 2. The third kappa shape index (κ3) is 7.32. The lowest BCUT2D eigenvalue weighted by Gasteiger charge is -2.29. The number of nitrogens with zero attached hydrogens (tertiary/aromatic N) is 2. The zero-order valence-electron chi connectivity index (χ0n) is 19.2. The van der Waals surface area contributed by atoms with E-state index in [1.165, 1.54) is 23.9 Å². The van der Waals surface area contributed by atoms with Gasteiger partial charge in [-0.1, -0.05) is 54.8 Å². The van der Waals surface area contributed by atoms with Gasteiger partial charge < -0.3 is 10.2 Å². The molecule has 0 aliphatic heterocycles. The summed E-state index contributed by atoms with van der Waals surface area (Å²) in [4.78, 5) is 38.1. The fourth-order valence-corrected chi connectivity index (χ4v) is 4.79. The summed E-state index contributed by atoms with van der Waals surface area (Å²) in [6.07, 6.45) is 4.25. The van der Waals surface area contributed by atoms with Crippen LogP contribution in [0.5, 0.6) is 0 Å². The molecule has 0 bridgehead atoms. The van der Waals surface area contributed by atoms with Crippen LogP contribution in [-0.2, 0) is 21.9 Å². The van der Waals surface area contributed by atoms with Crippen LogP contribution in [0.3, 0.4) is 0 Å². The van der Waals surface area contributed by atoms with E-state index in [1.54, 1.807) is 24.0 Å². The Balaban J connectivity index is 1.63. The zero-order chi connectivity index (χ0) is 23.8. The molecule has 1 N–H and O–H groups in total. The first-order valence-electron chi connectivity index (χ1n) is 11.3. The molecule has 0 spiro atoms. The molecule has 1 atom stereocenters. The van der Waals surface area contributed by atoms with Gasteiger partial charge in [-0.2, -0.15) is 0 Å². The SMILES string of the molecule is Cc1ccc(CN(C(=O)CSCc2ccc([N+](=O)[O-])cc2)[C@H](C)C(=O)NC2CCCC2)cc1. The van der Waals surface area contributed by atoms with Crippen molar-refractivity contribution < 1.29 is 14.5 Å². The molecule has 1 aliphatic carbocycles. The molecule has 0 saturated heterocycles. The van der Waals surface area contributed by atoms with Crippen LogP contribution in [0.4, 0.5) is 5.69 Å². The normalized spacial score (nSPS) is 14.6. The first-order valence-corrected chi connectivity index (χ1v) is 12.5. The molecule has 3 rings (SSSR count). The van der Waals surface area contributed by atoms with Gasteiger partial charge in [0.25, 0.3) is 5.69 Å². The number of thioether (sulfide) groups is 1. The maximum Gasteiger partial charge on any atom is 0.269 e. The van der Waals surface area contributed by atoms with E-state index in [2.05, 4.69) is 5.32 Å². The van der Waals surface area contributed by atoms with E-state index >= 15 is 0 Å². The van der Waals surface area contributed by atoms with Crippen LogP contribution in [0.25, 0.3) is 0 Å². The first kappa shape index (κ1) is 24.8. The number of nitrogens with one attached hydrogen (secondary N) is 1. The lowest BCUT2D eigenvalue weighted by atomic mass is 10.1. The van der Waals surface area contributed by atoms with Crippen LogP contribution in [-0.4, -0.2) is 39.5 Å². The van der Waals surface area contributed by atoms with E-state index in [-0.39, 0.29) is 29.3 Å². The van der Waals surface area contributed by atoms with Crippen molar-refractivity contribution in [1.82, 2.24) is 10.2 Å². The van der Waals surface area contributed by atoms with Crippen molar-refractivity contribution in [3.05, 3.63) is 75.3 Å². The number of hydrogen-bond acceptors (Lipinski definition) is 5. The Morgan fingerprint density at radius 2 is 1.70 bits per heavy atom. The van der Waals surface area contributed by atoms with Gasteiger partial charge in [0.05, 0.1) is 10.7 Å². The minimum Gasteiger partial charge on any atom is -0.352 e. The summed E-state index contributed by atoms with van der Waals surface area (Å²) in [6, 6.07) is 14.0. The highest BCUT2D eigenvalue weighted by Gasteiger charge is 2.28. The predicted molar refractivity (Wildman–Crippen MR) is 131 cm³/mol. The molecule has 0 heterocycles. The van der Waals surface area contributed by atoms with Gasteiger partial charge in [-0.15, -0.1) is 11.8 Å². The van der Waals surface area contributed by atoms with Gasteiger partial charge in [-0.05, 0) is 37.8 Å². The van der Waals surface area contributed by atoms with Crippen LogP contribution in [0.15, 0.2) is 48.5 Å². The molecule has 0 aromatic heterocycles. The molecule has 1 saturated carbocycles. The predicted octanol–water partition coefficient (Wildman–Crippen LogP) is 4.61. The van der Waals surface area contributed by atoms with Gasteiger partial charge in [-0.25, -0.2) is 0 Å². The quantitative estimate of drug-likeness (QED) is 0.405. The minimum absolute atomic E-state index is 0.0474. The summed E-state index contributed by atoms with van der Waals surface area (Å²) in [5, 5.41) is 13.9. The largest absolute Gasteiger partial charge is 0.352 e. The summed E-state index contributed by atoms with van der Waals surface area (Å²) in [5.74, 6) is 0.577. The van der Waals surface area contributed by atoms with Gasteiger partial charge in [0.15, 0.2) is 0 Å². The van der Waals surface area contributed by atoms with Crippen molar-refractivity contribution in [2.45, 2.75) is 63.9 Å².